The maximum atomic E-state index is 5.74. The first-order valence-electron chi connectivity index (χ1n) is 5.29. The molecule has 0 bridgehead atoms. The van der Waals surface area contributed by atoms with E-state index in [-0.39, 0.29) is 5.41 Å². The van der Waals surface area contributed by atoms with Crippen molar-refractivity contribution >= 4 is 11.3 Å². The Hall–Kier alpha value is -0.410. The predicted octanol–water partition coefficient (Wildman–Crippen LogP) is 2.65. The normalized spacial score (nSPS) is 18.2. The number of hydrogen-bond donors (Lipinski definition) is 1. The molecule has 1 heterocycles. The fourth-order valence-corrected chi connectivity index (χ4v) is 2.61. The summed E-state index contributed by atoms with van der Waals surface area (Å²) in [5, 5.41) is 3.42. The molecule has 0 saturated heterocycles. The van der Waals surface area contributed by atoms with E-state index in [0.717, 1.165) is 5.92 Å². The Morgan fingerprint density at radius 1 is 1.57 bits per heavy atom. The first kappa shape index (κ1) is 10.1. The van der Waals surface area contributed by atoms with Crippen molar-refractivity contribution in [1.82, 2.24) is 4.98 Å². The van der Waals surface area contributed by atoms with Crippen molar-refractivity contribution in [2.75, 3.05) is 6.54 Å². The summed E-state index contributed by atoms with van der Waals surface area (Å²) in [7, 11) is 0. The van der Waals surface area contributed by atoms with Gasteiger partial charge >= 0.3 is 0 Å². The van der Waals surface area contributed by atoms with Crippen LogP contribution in [0.5, 0.6) is 0 Å². The van der Waals surface area contributed by atoms with Gasteiger partial charge in [0.15, 0.2) is 0 Å². The van der Waals surface area contributed by atoms with Gasteiger partial charge in [0.05, 0.1) is 10.7 Å². The molecule has 0 amide bonds. The molecule has 1 aliphatic rings. The third-order valence-electron chi connectivity index (χ3n) is 3.13. The lowest BCUT2D eigenvalue weighted by atomic mass is 9.83. The summed E-state index contributed by atoms with van der Waals surface area (Å²) >= 11 is 1.77. The van der Waals surface area contributed by atoms with Gasteiger partial charge < -0.3 is 5.73 Å². The standard InChI is InChI=1S/C11H18N2S/c1-11(2,7-12)10-13-9(6-14-10)8-4-3-5-8/h6,8H,3-5,7,12H2,1-2H3. The van der Waals surface area contributed by atoms with Crippen LogP contribution in [-0.2, 0) is 5.41 Å². The van der Waals surface area contributed by atoms with Crippen molar-refractivity contribution in [3.05, 3.63) is 16.1 Å². The van der Waals surface area contributed by atoms with Gasteiger partial charge in [0.2, 0.25) is 0 Å². The third-order valence-corrected chi connectivity index (χ3v) is 4.36. The molecule has 1 aromatic rings. The molecule has 0 radical (unpaired) electrons. The zero-order chi connectivity index (χ0) is 10.2. The van der Waals surface area contributed by atoms with Crippen molar-refractivity contribution in [1.29, 1.82) is 0 Å². The van der Waals surface area contributed by atoms with Crippen LogP contribution < -0.4 is 5.73 Å². The van der Waals surface area contributed by atoms with E-state index in [2.05, 4.69) is 19.2 Å². The molecule has 3 heteroatoms. The minimum atomic E-state index is 0.0483. The lowest BCUT2D eigenvalue weighted by Gasteiger charge is -2.24. The van der Waals surface area contributed by atoms with E-state index in [1.54, 1.807) is 11.3 Å². The zero-order valence-corrected chi connectivity index (χ0v) is 9.73. The Morgan fingerprint density at radius 2 is 2.29 bits per heavy atom. The van der Waals surface area contributed by atoms with Crippen molar-refractivity contribution in [2.45, 2.75) is 44.4 Å². The Bertz CT molecular complexity index is 313. The Morgan fingerprint density at radius 3 is 2.79 bits per heavy atom. The molecule has 14 heavy (non-hydrogen) atoms. The fourth-order valence-electron chi connectivity index (χ4n) is 1.58. The molecule has 0 aliphatic heterocycles. The van der Waals surface area contributed by atoms with E-state index in [0.29, 0.717) is 6.54 Å². The third kappa shape index (κ3) is 1.71. The molecule has 0 unspecified atom stereocenters. The van der Waals surface area contributed by atoms with Crippen LogP contribution in [-0.4, -0.2) is 11.5 Å². The lowest BCUT2D eigenvalue weighted by Crippen LogP contribution is -2.28. The SMILES string of the molecule is CC(C)(CN)c1nc(C2CCC2)cs1. The van der Waals surface area contributed by atoms with Crippen LogP contribution in [0.3, 0.4) is 0 Å². The summed E-state index contributed by atoms with van der Waals surface area (Å²) in [6.07, 6.45) is 4.02. The van der Waals surface area contributed by atoms with E-state index in [4.69, 9.17) is 10.7 Å². The first-order valence-corrected chi connectivity index (χ1v) is 6.17. The molecule has 1 aromatic heterocycles. The van der Waals surface area contributed by atoms with Crippen LogP contribution in [0.4, 0.5) is 0 Å². The molecule has 1 fully saturated rings. The minimum absolute atomic E-state index is 0.0483. The van der Waals surface area contributed by atoms with Crippen molar-refractivity contribution < 1.29 is 0 Å². The number of nitrogens with two attached hydrogens (primary N) is 1. The van der Waals surface area contributed by atoms with Gasteiger partial charge in [0.25, 0.3) is 0 Å². The second kappa shape index (κ2) is 3.63. The molecule has 0 spiro atoms. The quantitative estimate of drug-likeness (QED) is 0.833. The van der Waals surface area contributed by atoms with Crippen LogP contribution in [0.2, 0.25) is 0 Å². The van der Waals surface area contributed by atoms with Gasteiger partial charge in [-0.05, 0) is 12.8 Å². The fraction of sp³-hybridized carbons (Fsp3) is 0.727. The van der Waals surface area contributed by atoms with Gasteiger partial charge in [-0.15, -0.1) is 11.3 Å². The van der Waals surface area contributed by atoms with Gasteiger partial charge in [-0.3, -0.25) is 0 Å². The van der Waals surface area contributed by atoms with E-state index < -0.39 is 0 Å². The van der Waals surface area contributed by atoms with E-state index in [1.165, 1.54) is 30.0 Å². The van der Waals surface area contributed by atoms with Crippen LogP contribution in [0.1, 0.15) is 49.7 Å². The van der Waals surface area contributed by atoms with Crippen molar-refractivity contribution in [2.24, 2.45) is 5.73 Å². The molecular weight excluding hydrogens is 192 g/mol. The molecule has 1 aliphatic carbocycles. The van der Waals surface area contributed by atoms with Gasteiger partial charge in [-0.25, -0.2) is 4.98 Å². The van der Waals surface area contributed by atoms with Crippen LogP contribution in [0, 0.1) is 0 Å². The van der Waals surface area contributed by atoms with E-state index in [9.17, 15) is 0 Å². The van der Waals surface area contributed by atoms with Gasteiger partial charge in [0, 0.05) is 23.3 Å². The Labute approximate surface area is 89.5 Å². The molecular formula is C11H18N2S. The highest BCUT2D eigenvalue weighted by Crippen LogP contribution is 2.38. The molecule has 0 aromatic carbocycles. The molecule has 2 nitrogen and oxygen atoms in total. The topological polar surface area (TPSA) is 38.9 Å². The summed E-state index contributed by atoms with van der Waals surface area (Å²) in [6.45, 7) is 5.00. The second-order valence-electron chi connectivity index (χ2n) is 4.79. The largest absolute Gasteiger partial charge is 0.330 e. The lowest BCUT2D eigenvalue weighted by molar-refractivity contribution is 0.410. The maximum Gasteiger partial charge on any atom is 0.0997 e. The van der Waals surface area contributed by atoms with Crippen LogP contribution in [0.25, 0.3) is 0 Å². The minimum Gasteiger partial charge on any atom is -0.330 e. The number of rotatable bonds is 3. The van der Waals surface area contributed by atoms with E-state index >= 15 is 0 Å². The highest BCUT2D eigenvalue weighted by Gasteiger charge is 2.26. The maximum absolute atomic E-state index is 5.74. The monoisotopic (exact) mass is 210 g/mol. The molecule has 0 atom stereocenters. The first-order chi connectivity index (χ1) is 6.63. The molecule has 2 rings (SSSR count). The summed E-state index contributed by atoms with van der Waals surface area (Å²) in [5.41, 5.74) is 7.09. The number of thiazole rings is 1. The highest BCUT2D eigenvalue weighted by molar-refractivity contribution is 7.09. The zero-order valence-electron chi connectivity index (χ0n) is 8.92. The Kier molecular flexibility index (Phi) is 2.62. The summed E-state index contributed by atoms with van der Waals surface area (Å²) in [5.74, 6) is 0.744. The second-order valence-corrected chi connectivity index (χ2v) is 5.65. The molecule has 78 valence electrons. The average molecular weight is 210 g/mol. The molecule has 2 N–H and O–H groups in total. The van der Waals surface area contributed by atoms with Crippen LogP contribution in [0.15, 0.2) is 5.38 Å². The summed E-state index contributed by atoms with van der Waals surface area (Å²) < 4.78 is 0. The smallest absolute Gasteiger partial charge is 0.0997 e. The Balaban J connectivity index is 2.16. The number of hydrogen-bond acceptors (Lipinski definition) is 3. The number of nitrogens with zero attached hydrogens (tertiary/aromatic N) is 1. The molecule has 1 saturated carbocycles. The van der Waals surface area contributed by atoms with Gasteiger partial charge in [-0.1, -0.05) is 20.3 Å². The van der Waals surface area contributed by atoms with Gasteiger partial charge in [0.1, 0.15) is 0 Å². The van der Waals surface area contributed by atoms with Crippen molar-refractivity contribution in [3.63, 3.8) is 0 Å². The summed E-state index contributed by atoms with van der Waals surface area (Å²) in [6, 6.07) is 0. The van der Waals surface area contributed by atoms with Crippen molar-refractivity contribution in [3.8, 4) is 0 Å². The van der Waals surface area contributed by atoms with Crippen LogP contribution >= 0.6 is 11.3 Å². The predicted molar refractivity (Wildman–Crippen MR) is 60.8 cm³/mol. The highest BCUT2D eigenvalue weighted by atomic mass is 32.1. The number of aromatic nitrogens is 1. The summed E-state index contributed by atoms with van der Waals surface area (Å²) in [4.78, 5) is 4.71. The van der Waals surface area contributed by atoms with Gasteiger partial charge in [-0.2, -0.15) is 0 Å². The average Bonchev–Trinajstić information content (AvgIpc) is 2.51. The van der Waals surface area contributed by atoms with E-state index in [1.807, 2.05) is 0 Å².